The molecule has 6 nitrogen and oxygen atoms in total. The lowest BCUT2D eigenvalue weighted by atomic mass is 9.81. The highest BCUT2D eigenvalue weighted by Gasteiger charge is 2.47. The van der Waals surface area contributed by atoms with Gasteiger partial charge in [0.05, 0.1) is 19.8 Å². The summed E-state index contributed by atoms with van der Waals surface area (Å²) in [7, 11) is 0. The second kappa shape index (κ2) is 5.38. The summed E-state index contributed by atoms with van der Waals surface area (Å²) in [4.78, 5) is 4.66. The lowest BCUT2D eigenvalue weighted by Gasteiger charge is -2.37. The Morgan fingerprint density at radius 1 is 1.08 bits per heavy atom. The zero-order chi connectivity index (χ0) is 17.8. The number of fused-ring (bicyclic) bond motifs is 4. The standard InChI is InChI=1S/C20H20N2O4/c1-19(9-23-10-19)11-24-13-6-7-17-15(8-13)20(12-25-18(21)22-20)14-4-2-3-5-16(14)26-17/h2-8H,9-12H2,1H3,(H2,21,22). The van der Waals surface area contributed by atoms with Crippen molar-refractivity contribution < 1.29 is 18.9 Å². The van der Waals surface area contributed by atoms with E-state index in [0.717, 1.165) is 41.6 Å². The number of benzene rings is 2. The second-order valence-electron chi connectivity index (χ2n) is 7.45. The van der Waals surface area contributed by atoms with Crippen LogP contribution in [0.4, 0.5) is 0 Å². The van der Waals surface area contributed by atoms with Crippen molar-refractivity contribution in [3.8, 4) is 17.2 Å². The van der Waals surface area contributed by atoms with E-state index in [1.165, 1.54) is 0 Å². The molecule has 0 aromatic heterocycles. The Bertz CT molecular complexity index is 906. The molecule has 0 amide bonds. The van der Waals surface area contributed by atoms with E-state index in [1.807, 2.05) is 42.5 Å². The SMILES string of the molecule is CC1(COc2ccc3c(c2)C2(COC(N)=N2)c2ccccc2O3)COC1. The number of para-hydroxylation sites is 1. The first-order valence-corrected chi connectivity index (χ1v) is 8.69. The van der Waals surface area contributed by atoms with Gasteiger partial charge < -0.3 is 24.7 Å². The van der Waals surface area contributed by atoms with E-state index in [4.69, 9.17) is 24.7 Å². The average molecular weight is 352 g/mol. The molecule has 0 radical (unpaired) electrons. The predicted molar refractivity (Wildman–Crippen MR) is 95.7 cm³/mol. The molecule has 2 N–H and O–H groups in total. The van der Waals surface area contributed by atoms with Crippen LogP contribution in [0.1, 0.15) is 18.1 Å². The second-order valence-corrected chi connectivity index (χ2v) is 7.45. The van der Waals surface area contributed by atoms with Crippen LogP contribution in [0.2, 0.25) is 0 Å². The van der Waals surface area contributed by atoms with Crippen molar-refractivity contribution >= 4 is 6.02 Å². The maximum atomic E-state index is 6.09. The molecule has 0 bridgehead atoms. The van der Waals surface area contributed by atoms with Crippen molar-refractivity contribution in [3.05, 3.63) is 53.6 Å². The molecule has 26 heavy (non-hydrogen) atoms. The number of ether oxygens (including phenoxy) is 4. The summed E-state index contributed by atoms with van der Waals surface area (Å²) in [5.41, 5.74) is 7.11. The van der Waals surface area contributed by atoms with Crippen molar-refractivity contribution in [2.75, 3.05) is 26.4 Å². The minimum atomic E-state index is -0.697. The van der Waals surface area contributed by atoms with Crippen LogP contribution in [0, 0.1) is 5.41 Å². The molecule has 1 saturated heterocycles. The van der Waals surface area contributed by atoms with Crippen LogP contribution >= 0.6 is 0 Å². The van der Waals surface area contributed by atoms with Crippen LogP contribution < -0.4 is 15.2 Å². The summed E-state index contributed by atoms with van der Waals surface area (Å²) in [6.45, 7) is 4.57. The number of aliphatic imine (C=N–C) groups is 1. The maximum absolute atomic E-state index is 6.09. The van der Waals surface area contributed by atoms with Crippen LogP contribution in [0.3, 0.4) is 0 Å². The molecule has 1 atom stereocenters. The summed E-state index contributed by atoms with van der Waals surface area (Å²) in [5, 5.41) is 0. The van der Waals surface area contributed by atoms with Crippen LogP contribution in [-0.2, 0) is 15.0 Å². The fourth-order valence-electron chi connectivity index (χ4n) is 3.67. The van der Waals surface area contributed by atoms with Gasteiger partial charge in [-0.25, -0.2) is 4.99 Å². The van der Waals surface area contributed by atoms with Gasteiger partial charge in [-0.1, -0.05) is 25.1 Å². The number of hydrogen-bond donors (Lipinski definition) is 1. The van der Waals surface area contributed by atoms with Crippen LogP contribution in [0.5, 0.6) is 17.2 Å². The summed E-state index contributed by atoms with van der Waals surface area (Å²) in [6, 6.07) is 13.9. The van der Waals surface area contributed by atoms with Gasteiger partial charge in [0.2, 0.25) is 0 Å². The van der Waals surface area contributed by atoms with E-state index in [-0.39, 0.29) is 11.4 Å². The van der Waals surface area contributed by atoms with Crippen LogP contribution in [-0.4, -0.2) is 32.4 Å². The van der Waals surface area contributed by atoms with E-state index in [9.17, 15) is 0 Å². The van der Waals surface area contributed by atoms with E-state index >= 15 is 0 Å². The van der Waals surface area contributed by atoms with Gasteiger partial charge in [0.1, 0.15) is 23.9 Å². The van der Waals surface area contributed by atoms with Gasteiger partial charge in [0.15, 0.2) is 5.54 Å². The molecule has 2 aromatic carbocycles. The summed E-state index contributed by atoms with van der Waals surface area (Å²) < 4.78 is 23.0. The minimum Gasteiger partial charge on any atom is -0.493 e. The van der Waals surface area contributed by atoms with E-state index in [2.05, 4.69) is 11.9 Å². The van der Waals surface area contributed by atoms with Crippen LogP contribution in [0.25, 0.3) is 0 Å². The zero-order valence-corrected chi connectivity index (χ0v) is 14.5. The van der Waals surface area contributed by atoms with E-state index < -0.39 is 5.54 Å². The largest absolute Gasteiger partial charge is 0.493 e. The van der Waals surface area contributed by atoms with E-state index in [0.29, 0.717) is 13.2 Å². The molecule has 3 heterocycles. The first kappa shape index (κ1) is 15.5. The third-order valence-electron chi connectivity index (χ3n) is 5.17. The molecule has 3 aliphatic rings. The Hall–Kier alpha value is -2.73. The number of nitrogens with zero attached hydrogens (tertiary/aromatic N) is 1. The Morgan fingerprint density at radius 2 is 1.88 bits per heavy atom. The average Bonchev–Trinajstić information content (AvgIpc) is 3.01. The number of nitrogens with two attached hydrogens (primary N) is 1. The van der Waals surface area contributed by atoms with Gasteiger partial charge in [0, 0.05) is 16.5 Å². The van der Waals surface area contributed by atoms with Crippen molar-refractivity contribution in [1.29, 1.82) is 0 Å². The van der Waals surface area contributed by atoms with Gasteiger partial charge in [-0.15, -0.1) is 0 Å². The highest BCUT2D eigenvalue weighted by molar-refractivity contribution is 5.76. The van der Waals surface area contributed by atoms with Crippen molar-refractivity contribution in [1.82, 2.24) is 0 Å². The summed E-state index contributed by atoms with van der Waals surface area (Å²) in [5.74, 6) is 2.30. The third kappa shape index (κ3) is 2.25. The molecule has 1 spiro atoms. The fraction of sp³-hybridized carbons (Fsp3) is 0.350. The molecule has 0 saturated carbocycles. The van der Waals surface area contributed by atoms with Crippen molar-refractivity contribution in [3.63, 3.8) is 0 Å². The lowest BCUT2D eigenvalue weighted by molar-refractivity contribution is -0.120. The molecule has 0 aliphatic carbocycles. The molecular formula is C20H20N2O4. The Morgan fingerprint density at radius 3 is 2.62 bits per heavy atom. The van der Waals surface area contributed by atoms with Crippen molar-refractivity contribution in [2.45, 2.75) is 12.5 Å². The van der Waals surface area contributed by atoms with Crippen LogP contribution in [0.15, 0.2) is 47.5 Å². The van der Waals surface area contributed by atoms with Gasteiger partial charge in [0.25, 0.3) is 6.02 Å². The first-order valence-electron chi connectivity index (χ1n) is 8.69. The summed E-state index contributed by atoms with van der Waals surface area (Å²) in [6.07, 6.45) is 0. The maximum Gasteiger partial charge on any atom is 0.283 e. The molecule has 134 valence electrons. The van der Waals surface area contributed by atoms with Gasteiger partial charge in [-0.2, -0.15) is 0 Å². The number of hydrogen-bond acceptors (Lipinski definition) is 6. The Kier molecular flexibility index (Phi) is 3.21. The minimum absolute atomic E-state index is 0.0791. The number of amidine groups is 1. The fourth-order valence-corrected chi connectivity index (χ4v) is 3.67. The summed E-state index contributed by atoms with van der Waals surface area (Å²) >= 11 is 0. The molecule has 5 rings (SSSR count). The van der Waals surface area contributed by atoms with Gasteiger partial charge in [-0.05, 0) is 24.3 Å². The molecule has 2 aromatic rings. The zero-order valence-electron chi connectivity index (χ0n) is 14.5. The highest BCUT2D eigenvalue weighted by atomic mass is 16.5. The quantitative estimate of drug-likeness (QED) is 0.919. The van der Waals surface area contributed by atoms with Gasteiger partial charge >= 0.3 is 0 Å². The molecule has 3 aliphatic heterocycles. The first-order chi connectivity index (χ1) is 12.6. The topological polar surface area (TPSA) is 75.3 Å². The lowest BCUT2D eigenvalue weighted by Crippen LogP contribution is -2.44. The monoisotopic (exact) mass is 352 g/mol. The smallest absolute Gasteiger partial charge is 0.283 e. The predicted octanol–water partition coefficient (Wildman–Crippen LogP) is 2.80. The number of rotatable bonds is 3. The molecular weight excluding hydrogens is 332 g/mol. The third-order valence-corrected chi connectivity index (χ3v) is 5.17. The highest BCUT2D eigenvalue weighted by Crippen LogP contribution is 2.51. The molecule has 1 fully saturated rings. The normalized spacial score (nSPS) is 24.6. The molecule has 1 unspecified atom stereocenters. The Labute approximate surface area is 151 Å². The Balaban J connectivity index is 1.55. The van der Waals surface area contributed by atoms with Gasteiger partial charge in [-0.3, -0.25) is 0 Å². The van der Waals surface area contributed by atoms with E-state index in [1.54, 1.807) is 0 Å². The van der Waals surface area contributed by atoms with Crippen molar-refractivity contribution in [2.24, 2.45) is 16.1 Å². The molecule has 6 heteroatoms.